The van der Waals surface area contributed by atoms with Gasteiger partial charge in [-0.1, -0.05) is 12.1 Å². The highest BCUT2D eigenvalue weighted by molar-refractivity contribution is 5.76. The number of methoxy groups -OCH3 is 1. The van der Waals surface area contributed by atoms with Crippen LogP contribution in [0.5, 0.6) is 5.75 Å². The van der Waals surface area contributed by atoms with Crippen LogP contribution < -0.4 is 10.1 Å². The van der Waals surface area contributed by atoms with Gasteiger partial charge in [-0.3, -0.25) is 4.79 Å². The smallest absolute Gasteiger partial charge is 0.220 e. The molecule has 1 amide bonds. The van der Waals surface area contributed by atoms with Crippen LogP contribution in [-0.2, 0) is 17.6 Å². The van der Waals surface area contributed by atoms with Crippen molar-refractivity contribution in [2.75, 3.05) is 7.11 Å². The third-order valence-corrected chi connectivity index (χ3v) is 3.29. The Labute approximate surface area is 125 Å². The molecule has 0 radical (unpaired) electrons. The molecule has 1 atom stereocenters. The maximum Gasteiger partial charge on any atom is 0.220 e. The van der Waals surface area contributed by atoms with Crippen molar-refractivity contribution in [3.8, 4) is 5.75 Å². The van der Waals surface area contributed by atoms with E-state index in [0.717, 1.165) is 23.5 Å². The molecule has 112 valence electrons. The Morgan fingerprint density at radius 2 is 2.05 bits per heavy atom. The molecule has 0 spiro atoms. The van der Waals surface area contributed by atoms with Gasteiger partial charge in [-0.2, -0.15) is 0 Å². The lowest BCUT2D eigenvalue weighted by Gasteiger charge is -2.12. The lowest BCUT2D eigenvalue weighted by atomic mass is 10.1. The van der Waals surface area contributed by atoms with E-state index < -0.39 is 0 Å². The molecule has 4 nitrogen and oxygen atoms in total. The first-order valence-corrected chi connectivity index (χ1v) is 7.12. The van der Waals surface area contributed by atoms with Crippen LogP contribution in [0.3, 0.4) is 0 Å². The Balaban J connectivity index is 1.73. The first kappa shape index (κ1) is 15.2. The summed E-state index contributed by atoms with van der Waals surface area (Å²) in [6.07, 6.45) is 3.56. The summed E-state index contributed by atoms with van der Waals surface area (Å²) in [5.41, 5.74) is 1.13. The standard InChI is InChI=1S/C17H21NO3/c1-13(12-16-4-3-11-21-16)18-17(19)10-7-14-5-8-15(20-2)9-6-14/h3-6,8-9,11,13H,7,10,12H2,1-2H3,(H,18,19). The summed E-state index contributed by atoms with van der Waals surface area (Å²) in [6, 6.07) is 11.6. The summed E-state index contributed by atoms with van der Waals surface area (Å²) in [6.45, 7) is 1.98. The molecule has 2 aromatic rings. The Morgan fingerprint density at radius 3 is 2.67 bits per heavy atom. The molecule has 0 fully saturated rings. The normalized spacial score (nSPS) is 11.9. The quantitative estimate of drug-likeness (QED) is 0.851. The van der Waals surface area contributed by atoms with Crippen LogP contribution in [0.4, 0.5) is 0 Å². The predicted molar refractivity (Wildman–Crippen MR) is 81.3 cm³/mol. The molecule has 1 N–H and O–H groups in total. The summed E-state index contributed by atoms with van der Waals surface area (Å²) < 4.78 is 10.4. The third-order valence-electron chi connectivity index (χ3n) is 3.29. The van der Waals surface area contributed by atoms with Crippen LogP contribution in [-0.4, -0.2) is 19.1 Å². The lowest BCUT2D eigenvalue weighted by molar-refractivity contribution is -0.121. The topological polar surface area (TPSA) is 51.5 Å². The van der Waals surface area contributed by atoms with Crippen LogP contribution in [0.2, 0.25) is 0 Å². The molecule has 0 aliphatic heterocycles. The van der Waals surface area contributed by atoms with Gasteiger partial charge in [-0.05, 0) is 43.2 Å². The van der Waals surface area contributed by atoms with E-state index in [4.69, 9.17) is 9.15 Å². The molecule has 0 saturated carbocycles. The van der Waals surface area contributed by atoms with Gasteiger partial charge in [-0.25, -0.2) is 0 Å². The molecule has 2 rings (SSSR count). The molecule has 0 bridgehead atoms. The van der Waals surface area contributed by atoms with Gasteiger partial charge >= 0.3 is 0 Å². The Bertz CT molecular complexity index is 546. The highest BCUT2D eigenvalue weighted by Gasteiger charge is 2.09. The lowest BCUT2D eigenvalue weighted by Crippen LogP contribution is -2.34. The molecule has 0 aliphatic carbocycles. The van der Waals surface area contributed by atoms with E-state index in [9.17, 15) is 4.79 Å². The van der Waals surface area contributed by atoms with Gasteiger partial charge in [0.2, 0.25) is 5.91 Å². The average Bonchev–Trinajstić information content (AvgIpc) is 2.98. The number of nitrogens with one attached hydrogen (secondary N) is 1. The van der Waals surface area contributed by atoms with Gasteiger partial charge in [0.1, 0.15) is 11.5 Å². The highest BCUT2D eigenvalue weighted by atomic mass is 16.5. The van der Waals surface area contributed by atoms with E-state index in [0.29, 0.717) is 12.8 Å². The van der Waals surface area contributed by atoms with Crippen molar-refractivity contribution >= 4 is 5.91 Å². The van der Waals surface area contributed by atoms with Gasteiger partial charge in [0.15, 0.2) is 0 Å². The molecule has 1 aromatic heterocycles. The zero-order valence-corrected chi connectivity index (χ0v) is 12.5. The van der Waals surface area contributed by atoms with Crippen LogP contribution in [0.15, 0.2) is 47.1 Å². The van der Waals surface area contributed by atoms with Crippen molar-refractivity contribution < 1.29 is 13.9 Å². The van der Waals surface area contributed by atoms with Gasteiger partial charge in [-0.15, -0.1) is 0 Å². The fourth-order valence-corrected chi connectivity index (χ4v) is 2.18. The molecule has 4 heteroatoms. The Morgan fingerprint density at radius 1 is 1.29 bits per heavy atom. The van der Waals surface area contributed by atoms with Gasteiger partial charge in [0.05, 0.1) is 13.4 Å². The molecule has 1 unspecified atom stereocenters. The maximum atomic E-state index is 11.9. The average molecular weight is 287 g/mol. The number of benzene rings is 1. The number of furan rings is 1. The second-order valence-electron chi connectivity index (χ2n) is 5.10. The number of ether oxygens (including phenoxy) is 1. The summed E-state index contributed by atoms with van der Waals surface area (Å²) in [5.74, 6) is 1.78. The highest BCUT2D eigenvalue weighted by Crippen LogP contribution is 2.12. The molecule has 1 heterocycles. The zero-order chi connectivity index (χ0) is 15.1. The van der Waals surface area contributed by atoms with Gasteiger partial charge in [0.25, 0.3) is 0 Å². The van der Waals surface area contributed by atoms with E-state index in [1.807, 2.05) is 43.3 Å². The minimum Gasteiger partial charge on any atom is -0.497 e. The summed E-state index contributed by atoms with van der Waals surface area (Å²) >= 11 is 0. The van der Waals surface area contributed by atoms with Gasteiger partial charge < -0.3 is 14.5 Å². The van der Waals surface area contributed by atoms with Crippen molar-refractivity contribution in [2.45, 2.75) is 32.2 Å². The number of amides is 1. The van der Waals surface area contributed by atoms with E-state index in [1.54, 1.807) is 13.4 Å². The summed E-state index contributed by atoms with van der Waals surface area (Å²) in [5, 5.41) is 2.99. The van der Waals surface area contributed by atoms with Crippen molar-refractivity contribution in [2.24, 2.45) is 0 Å². The third kappa shape index (κ3) is 4.99. The molecule has 0 saturated heterocycles. The number of rotatable bonds is 7. The van der Waals surface area contributed by atoms with Crippen molar-refractivity contribution in [1.29, 1.82) is 0 Å². The number of hydrogen-bond acceptors (Lipinski definition) is 3. The molecule has 0 aliphatic rings. The number of carbonyl (C=O) groups is 1. The van der Waals surface area contributed by atoms with E-state index >= 15 is 0 Å². The second kappa shape index (κ2) is 7.53. The van der Waals surface area contributed by atoms with E-state index in [-0.39, 0.29) is 11.9 Å². The van der Waals surface area contributed by atoms with E-state index in [2.05, 4.69) is 5.32 Å². The summed E-state index contributed by atoms with van der Waals surface area (Å²) in [4.78, 5) is 11.9. The monoisotopic (exact) mass is 287 g/mol. The number of hydrogen-bond donors (Lipinski definition) is 1. The van der Waals surface area contributed by atoms with Crippen LogP contribution in [0.25, 0.3) is 0 Å². The number of aryl methyl sites for hydroxylation is 1. The van der Waals surface area contributed by atoms with Crippen LogP contribution in [0.1, 0.15) is 24.7 Å². The predicted octanol–water partition coefficient (Wildman–Crippen LogP) is 2.97. The van der Waals surface area contributed by atoms with E-state index in [1.165, 1.54) is 0 Å². The fraction of sp³-hybridized carbons (Fsp3) is 0.353. The molecular formula is C17H21NO3. The van der Waals surface area contributed by atoms with Crippen molar-refractivity contribution in [1.82, 2.24) is 5.32 Å². The zero-order valence-electron chi connectivity index (χ0n) is 12.5. The van der Waals surface area contributed by atoms with Crippen molar-refractivity contribution in [3.63, 3.8) is 0 Å². The molecular weight excluding hydrogens is 266 g/mol. The Kier molecular flexibility index (Phi) is 5.43. The fourth-order valence-electron chi connectivity index (χ4n) is 2.18. The Hall–Kier alpha value is -2.23. The minimum atomic E-state index is 0.0601. The minimum absolute atomic E-state index is 0.0601. The SMILES string of the molecule is COc1ccc(CCC(=O)NC(C)Cc2ccco2)cc1. The number of carbonyl (C=O) groups excluding carboxylic acids is 1. The van der Waals surface area contributed by atoms with Crippen molar-refractivity contribution in [3.05, 3.63) is 54.0 Å². The first-order valence-electron chi connectivity index (χ1n) is 7.12. The molecule has 1 aromatic carbocycles. The maximum absolute atomic E-state index is 11.9. The van der Waals surface area contributed by atoms with Crippen LogP contribution in [0, 0.1) is 0 Å². The first-order chi connectivity index (χ1) is 10.2. The largest absolute Gasteiger partial charge is 0.497 e. The molecule has 21 heavy (non-hydrogen) atoms. The van der Waals surface area contributed by atoms with Crippen LogP contribution >= 0.6 is 0 Å². The summed E-state index contributed by atoms with van der Waals surface area (Å²) in [7, 11) is 1.64. The second-order valence-corrected chi connectivity index (χ2v) is 5.10. The van der Waals surface area contributed by atoms with Gasteiger partial charge in [0, 0.05) is 18.9 Å².